The molecule has 0 saturated carbocycles. The molecular weight excluding hydrogens is 487 g/mol. The van der Waals surface area contributed by atoms with Gasteiger partial charge in [0.2, 0.25) is 0 Å². The summed E-state index contributed by atoms with van der Waals surface area (Å²) in [6.07, 6.45) is -0.578. The van der Waals surface area contributed by atoms with Crippen molar-refractivity contribution in [1.29, 1.82) is 0 Å². The first-order chi connectivity index (χ1) is 7.72. The Bertz CT molecular complexity index is 429. The molecule has 0 fully saturated rings. The number of carbonyl (C=O) groups excluding carboxylic acids is 1. The van der Waals surface area contributed by atoms with E-state index in [0.29, 0.717) is 10.7 Å². The molecule has 0 saturated heterocycles. The standard InChI is InChI=1S/C11H9Cl2NO2.U/c12-6-1-2-7-16-11(15)14-10-5-3-4-9(13)8-10;/h3-5,8H,6-7H2,(H,14,15);. The molecule has 1 N–H and O–H groups in total. The summed E-state index contributed by atoms with van der Waals surface area (Å²) in [4.78, 5) is 11.2. The summed E-state index contributed by atoms with van der Waals surface area (Å²) in [6, 6.07) is 6.76. The Hall–Kier alpha value is -0.318. The number of hydrogen-bond acceptors (Lipinski definition) is 2. The third kappa shape index (κ3) is 7.58. The third-order valence-electron chi connectivity index (χ3n) is 1.54. The maximum atomic E-state index is 11.2. The fourth-order valence-electron chi connectivity index (χ4n) is 0.920. The molecule has 88 valence electrons. The summed E-state index contributed by atoms with van der Waals surface area (Å²) in [5, 5.41) is 3.05. The van der Waals surface area contributed by atoms with Crippen molar-refractivity contribution in [2.45, 2.75) is 0 Å². The molecule has 1 amide bonds. The number of anilines is 1. The van der Waals surface area contributed by atoms with Crippen LogP contribution >= 0.6 is 23.2 Å². The Morgan fingerprint density at radius 2 is 2.18 bits per heavy atom. The van der Waals surface area contributed by atoms with E-state index in [2.05, 4.69) is 17.2 Å². The van der Waals surface area contributed by atoms with Crippen molar-refractivity contribution in [2.75, 3.05) is 17.8 Å². The van der Waals surface area contributed by atoms with Crippen molar-refractivity contribution >= 4 is 35.0 Å². The molecule has 3 nitrogen and oxygen atoms in total. The van der Waals surface area contributed by atoms with Gasteiger partial charge in [0, 0.05) is 41.8 Å². The molecule has 0 aliphatic rings. The summed E-state index contributed by atoms with van der Waals surface area (Å²) in [5.74, 6) is 5.36. The van der Waals surface area contributed by atoms with Crippen LogP contribution in [0, 0.1) is 43.0 Å². The summed E-state index contributed by atoms with van der Waals surface area (Å²) in [5.41, 5.74) is 0.572. The second-order valence-corrected chi connectivity index (χ2v) is 3.40. The first-order valence-corrected chi connectivity index (χ1v) is 5.34. The van der Waals surface area contributed by atoms with E-state index in [-0.39, 0.29) is 43.6 Å². The van der Waals surface area contributed by atoms with Gasteiger partial charge in [-0.05, 0) is 18.2 Å². The Morgan fingerprint density at radius 3 is 2.82 bits per heavy atom. The van der Waals surface area contributed by atoms with E-state index < -0.39 is 6.09 Å². The number of hydrogen-bond donors (Lipinski definition) is 1. The molecular formula is C11H9Cl2NO2U. The number of halogens is 2. The monoisotopic (exact) mass is 495 g/mol. The van der Waals surface area contributed by atoms with Gasteiger partial charge in [-0.2, -0.15) is 0 Å². The van der Waals surface area contributed by atoms with Crippen LogP contribution in [0.15, 0.2) is 24.3 Å². The van der Waals surface area contributed by atoms with Crippen molar-refractivity contribution in [1.82, 2.24) is 0 Å². The number of alkyl halides is 1. The number of ether oxygens (including phenoxy) is 1. The van der Waals surface area contributed by atoms with Crippen LogP contribution in [-0.2, 0) is 4.74 Å². The zero-order chi connectivity index (χ0) is 11.8. The molecule has 0 spiro atoms. The average molecular weight is 496 g/mol. The van der Waals surface area contributed by atoms with E-state index in [1.165, 1.54) is 0 Å². The molecule has 0 bridgehead atoms. The first-order valence-electron chi connectivity index (χ1n) is 4.43. The van der Waals surface area contributed by atoms with Gasteiger partial charge >= 0.3 is 6.09 Å². The number of nitrogens with one attached hydrogen (secondary N) is 1. The fraction of sp³-hybridized carbons (Fsp3) is 0.182. The zero-order valence-corrected chi connectivity index (χ0v) is 14.5. The number of rotatable bonds is 2. The van der Waals surface area contributed by atoms with Crippen molar-refractivity contribution < 1.29 is 40.6 Å². The van der Waals surface area contributed by atoms with E-state index in [9.17, 15) is 4.79 Å². The molecule has 0 atom stereocenters. The molecule has 1 rings (SSSR count). The summed E-state index contributed by atoms with van der Waals surface area (Å²) in [6.45, 7) is 0.0130. The molecule has 0 radical (unpaired) electrons. The van der Waals surface area contributed by atoms with Gasteiger partial charge in [-0.1, -0.05) is 29.5 Å². The van der Waals surface area contributed by atoms with Crippen molar-refractivity contribution in [2.24, 2.45) is 0 Å². The largest absolute Gasteiger partial charge is 0.436 e. The predicted molar refractivity (Wildman–Crippen MR) is 64.9 cm³/mol. The second-order valence-electron chi connectivity index (χ2n) is 2.70. The summed E-state index contributed by atoms with van der Waals surface area (Å²) >= 11 is 11.1. The van der Waals surface area contributed by atoms with Crippen LogP contribution in [0.5, 0.6) is 0 Å². The van der Waals surface area contributed by atoms with Crippen LogP contribution in [-0.4, -0.2) is 18.6 Å². The van der Waals surface area contributed by atoms with Crippen LogP contribution in [0.1, 0.15) is 0 Å². The number of benzene rings is 1. The fourth-order valence-corrected chi connectivity index (χ4v) is 1.20. The molecule has 0 heterocycles. The van der Waals surface area contributed by atoms with Crippen LogP contribution in [0.2, 0.25) is 5.02 Å². The Kier molecular flexibility index (Phi) is 9.50. The molecule has 0 aliphatic heterocycles. The van der Waals surface area contributed by atoms with Gasteiger partial charge in [0.05, 0.1) is 5.88 Å². The van der Waals surface area contributed by atoms with Gasteiger partial charge in [-0.3, -0.25) is 5.32 Å². The SMILES string of the molecule is O=C(Nc1cccc(Cl)c1)OCC#CCCl.[U]. The van der Waals surface area contributed by atoms with Crippen LogP contribution in [0.3, 0.4) is 0 Å². The molecule has 1 aromatic rings. The third-order valence-corrected chi connectivity index (χ3v) is 1.91. The predicted octanol–water partition coefficient (Wildman–Crippen LogP) is 3.13. The van der Waals surface area contributed by atoms with E-state index in [0.717, 1.165) is 0 Å². The average Bonchev–Trinajstić information content (AvgIpc) is 2.24. The molecule has 17 heavy (non-hydrogen) atoms. The van der Waals surface area contributed by atoms with Gasteiger partial charge < -0.3 is 4.74 Å². The van der Waals surface area contributed by atoms with E-state index in [4.69, 9.17) is 27.9 Å². The first kappa shape index (κ1) is 16.7. The topological polar surface area (TPSA) is 38.3 Å². The minimum Gasteiger partial charge on any atom is -0.436 e. The van der Waals surface area contributed by atoms with Crippen LogP contribution < -0.4 is 5.32 Å². The number of amides is 1. The molecule has 0 aromatic heterocycles. The van der Waals surface area contributed by atoms with Crippen LogP contribution in [0.25, 0.3) is 0 Å². The minimum atomic E-state index is -0.578. The molecule has 6 heteroatoms. The normalized spacial score (nSPS) is 8.35. The smallest absolute Gasteiger partial charge is 0.412 e. The molecule has 1 aromatic carbocycles. The van der Waals surface area contributed by atoms with Crippen molar-refractivity contribution in [3.8, 4) is 11.8 Å². The van der Waals surface area contributed by atoms with E-state index >= 15 is 0 Å². The second kappa shape index (κ2) is 9.69. The van der Waals surface area contributed by atoms with Crippen LogP contribution in [0.4, 0.5) is 10.5 Å². The summed E-state index contributed by atoms with van der Waals surface area (Å²) < 4.78 is 4.76. The minimum absolute atomic E-state index is 0. The van der Waals surface area contributed by atoms with Crippen molar-refractivity contribution in [3.05, 3.63) is 29.3 Å². The van der Waals surface area contributed by atoms with E-state index in [1.807, 2.05) is 0 Å². The molecule has 0 unspecified atom stereocenters. The van der Waals surface area contributed by atoms with Gasteiger partial charge in [0.25, 0.3) is 0 Å². The van der Waals surface area contributed by atoms with Crippen molar-refractivity contribution in [3.63, 3.8) is 0 Å². The Morgan fingerprint density at radius 1 is 1.41 bits per heavy atom. The Labute approximate surface area is 134 Å². The summed E-state index contributed by atoms with van der Waals surface area (Å²) in [7, 11) is 0. The van der Waals surface area contributed by atoms with Gasteiger partial charge in [-0.25, -0.2) is 4.79 Å². The van der Waals surface area contributed by atoms with Gasteiger partial charge in [0.1, 0.15) is 0 Å². The quantitative estimate of drug-likeness (QED) is 0.505. The Balaban J connectivity index is 0.00000256. The van der Waals surface area contributed by atoms with Gasteiger partial charge in [0.15, 0.2) is 6.61 Å². The zero-order valence-electron chi connectivity index (χ0n) is 8.80. The maximum Gasteiger partial charge on any atom is 0.412 e. The maximum absolute atomic E-state index is 11.2. The van der Waals surface area contributed by atoms with Gasteiger partial charge in [-0.15, -0.1) is 11.6 Å². The van der Waals surface area contributed by atoms with E-state index in [1.54, 1.807) is 24.3 Å². The number of carbonyl (C=O) groups is 1. The molecule has 0 aliphatic carbocycles.